The Morgan fingerprint density at radius 1 is 1.35 bits per heavy atom. The molecule has 2 rings (SSSR count). The van der Waals surface area contributed by atoms with Crippen molar-refractivity contribution in [3.05, 3.63) is 29.8 Å². The van der Waals surface area contributed by atoms with Crippen LogP contribution in [0, 0.1) is 5.92 Å². The fourth-order valence-electron chi connectivity index (χ4n) is 2.07. The molecule has 1 aliphatic rings. The molecule has 0 aliphatic carbocycles. The molecule has 0 saturated carbocycles. The summed E-state index contributed by atoms with van der Waals surface area (Å²) >= 11 is 0. The molecule has 0 radical (unpaired) electrons. The van der Waals surface area contributed by atoms with Crippen molar-refractivity contribution in [3.8, 4) is 0 Å². The minimum absolute atomic E-state index is 0. The first-order chi connectivity index (χ1) is 7.66. The van der Waals surface area contributed by atoms with Crippen molar-refractivity contribution in [1.82, 2.24) is 4.90 Å². The molecule has 1 aliphatic heterocycles. The summed E-state index contributed by atoms with van der Waals surface area (Å²) in [4.78, 5) is 14.1. The van der Waals surface area contributed by atoms with Gasteiger partial charge < -0.3 is 10.6 Å². The minimum Gasteiger partial charge on any atom is -0.399 e. The Bertz CT molecular complexity index is 387. The third-order valence-electron chi connectivity index (χ3n) is 3.20. The van der Waals surface area contributed by atoms with Gasteiger partial charge in [-0.1, -0.05) is 13.0 Å². The maximum Gasteiger partial charge on any atom is 0.253 e. The molecule has 94 valence electrons. The van der Waals surface area contributed by atoms with E-state index in [-0.39, 0.29) is 18.3 Å². The van der Waals surface area contributed by atoms with Gasteiger partial charge in [-0.15, -0.1) is 12.4 Å². The van der Waals surface area contributed by atoms with E-state index in [0.29, 0.717) is 11.3 Å². The molecule has 3 nitrogen and oxygen atoms in total. The second kappa shape index (κ2) is 5.92. The normalized spacial score (nSPS) is 16.4. The number of benzene rings is 1. The average Bonchev–Trinajstić information content (AvgIpc) is 2.29. The molecular weight excluding hydrogens is 236 g/mol. The number of hydrogen-bond acceptors (Lipinski definition) is 2. The second-order valence-corrected chi connectivity index (χ2v) is 4.60. The summed E-state index contributed by atoms with van der Waals surface area (Å²) in [6.07, 6.45) is 2.21. The zero-order chi connectivity index (χ0) is 11.5. The Balaban J connectivity index is 0.00000144. The Morgan fingerprint density at radius 2 is 2.00 bits per heavy atom. The first-order valence-corrected chi connectivity index (χ1v) is 5.81. The van der Waals surface area contributed by atoms with Crippen molar-refractivity contribution in [2.24, 2.45) is 5.92 Å². The summed E-state index contributed by atoms with van der Waals surface area (Å²) in [5.74, 6) is 0.851. The van der Waals surface area contributed by atoms with Crippen LogP contribution in [0.15, 0.2) is 24.3 Å². The van der Waals surface area contributed by atoms with Gasteiger partial charge in [-0.2, -0.15) is 0 Å². The van der Waals surface area contributed by atoms with Crippen LogP contribution >= 0.6 is 12.4 Å². The summed E-state index contributed by atoms with van der Waals surface area (Å²) in [6.45, 7) is 3.98. The molecule has 1 heterocycles. The molecule has 1 fully saturated rings. The molecule has 17 heavy (non-hydrogen) atoms. The smallest absolute Gasteiger partial charge is 0.253 e. The highest BCUT2D eigenvalue weighted by Crippen LogP contribution is 2.18. The van der Waals surface area contributed by atoms with Crippen molar-refractivity contribution in [3.63, 3.8) is 0 Å². The molecule has 4 heteroatoms. The molecule has 1 amide bonds. The van der Waals surface area contributed by atoms with Gasteiger partial charge in [0.2, 0.25) is 0 Å². The van der Waals surface area contributed by atoms with Crippen molar-refractivity contribution < 1.29 is 4.79 Å². The van der Waals surface area contributed by atoms with Gasteiger partial charge in [0.15, 0.2) is 0 Å². The highest BCUT2D eigenvalue weighted by molar-refractivity contribution is 5.95. The maximum atomic E-state index is 12.1. The number of likely N-dealkylation sites (tertiary alicyclic amines) is 1. The maximum absolute atomic E-state index is 12.1. The molecule has 0 aromatic heterocycles. The highest BCUT2D eigenvalue weighted by Gasteiger charge is 2.21. The standard InChI is InChI=1S/C13H18N2O.ClH/c1-10-5-7-15(8-6-10)13(16)11-3-2-4-12(14)9-11;/h2-4,9-10H,5-8,14H2,1H3;1H. The van der Waals surface area contributed by atoms with Crippen LogP contribution in [0.4, 0.5) is 5.69 Å². The van der Waals surface area contributed by atoms with Gasteiger partial charge in [-0.3, -0.25) is 4.79 Å². The predicted molar refractivity (Wildman–Crippen MR) is 72.4 cm³/mol. The van der Waals surface area contributed by atoms with Crippen LogP contribution in [0.5, 0.6) is 0 Å². The van der Waals surface area contributed by atoms with Crippen LogP contribution in [0.1, 0.15) is 30.1 Å². The number of halogens is 1. The number of carbonyl (C=O) groups is 1. The fraction of sp³-hybridized carbons (Fsp3) is 0.462. The van der Waals surface area contributed by atoms with Crippen molar-refractivity contribution in [1.29, 1.82) is 0 Å². The lowest BCUT2D eigenvalue weighted by atomic mass is 9.98. The zero-order valence-corrected chi connectivity index (χ0v) is 10.9. The first kappa shape index (κ1) is 13.8. The second-order valence-electron chi connectivity index (χ2n) is 4.60. The zero-order valence-electron chi connectivity index (χ0n) is 10.1. The molecular formula is C13H19ClN2O. The lowest BCUT2D eigenvalue weighted by Crippen LogP contribution is -2.37. The number of rotatable bonds is 1. The number of hydrogen-bond donors (Lipinski definition) is 1. The van der Waals surface area contributed by atoms with Gasteiger partial charge >= 0.3 is 0 Å². The van der Waals surface area contributed by atoms with Crippen LogP contribution < -0.4 is 5.73 Å². The Morgan fingerprint density at radius 3 is 2.59 bits per heavy atom. The number of anilines is 1. The largest absolute Gasteiger partial charge is 0.399 e. The van der Waals surface area contributed by atoms with Crippen molar-refractivity contribution in [2.75, 3.05) is 18.8 Å². The molecule has 1 saturated heterocycles. The molecule has 1 aromatic rings. The Hall–Kier alpha value is -1.22. The van der Waals surface area contributed by atoms with Crippen molar-refractivity contribution in [2.45, 2.75) is 19.8 Å². The molecule has 0 unspecified atom stereocenters. The number of amides is 1. The monoisotopic (exact) mass is 254 g/mol. The summed E-state index contributed by atoms with van der Waals surface area (Å²) in [7, 11) is 0. The van der Waals surface area contributed by atoms with Gasteiger partial charge in [-0.25, -0.2) is 0 Å². The van der Waals surface area contributed by atoms with E-state index in [1.165, 1.54) is 0 Å². The molecule has 0 bridgehead atoms. The number of nitrogen functional groups attached to an aromatic ring is 1. The topological polar surface area (TPSA) is 46.3 Å². The van der Waals surface area contributed by atoms with E-state index in [1.807, 2.05) is 17.0 Å². The SMILES string of the molecule is CC1CCN(C(=O)c2cccc(N)c2)CC1.Cl. The number of carbonyl (C=O) groups excluding carboxylic acids is 1. The van der Waals surface area contributed by atoms with Crippen molar-refractivity contribution >= 4 is 24.0 Å². The fourth-order valence-corrected chi connectivity index (χ4v) is 2.07. The van der Waals surface area contributed by atoms with Crippen LogP contribution in [0.2, 0.25) is 0 Å². The first-order valence-electron chi connectivity index (χ1n) is 5.81. The van der Waals surface area contributed by atoms with E-state index in [9.17, 15) is 4.79 Å². The van der Waals surface area contributed by atoms with E-state index < -0.39 is 0 Å². The van der Waals surface area contributed by atoms with Gasteiger partial charge in [0.05, 0.1) is 0 Å². The van der Waals surface area contributed by atoms with E-state index in [0.717, 1.165) is 31.8 Å². The van der Waals surface area contributed by atoms with E-state index in [1.54, 1.807) is 12.1 Å². The van der Waals surface area contributed by atoms with Crippen LogP contribution in [0.25, 0.3) is 0 Å². The van der Waals surface area contributed by atoms with Crippen LogP contribution in [-0.2, 0) is 0 Å². The van der Waals surface area contributed by atoms with E-state index >= 15 is 0 Å². The van der Waals surface area contributed by atoms with Gasteiger partial charge in [-0.05, 0) is 37.0 Å². The van der Waals surface area contributed by atoms with Gasteiger partial charge in [0.1, 0.15) is 0 Å². The third-order valence-corrected chi connectivity index (χ3v) is 3.20. The molecule has 2 N–H and O–H groups in total. The van der Waals surface area contributed by atoms with E-state index in [2.05, 4.69) is 6.92 Å². The summed E-state index contributed by atoms with van der Waals surface area (Å²) in [6, 6.07) is 7.21. The lowest BCUT2D eigenvalue weighted by Gasteiger charge is -2.30. The average molecular weight is 255 g/mol. The summed E-state index contributed by atoms with van der Waals surface area (Å²) in [5.41, 5.74) is 7.03. The number of nitrogens with two attached hydrogens (primary N) is 1. The van der Waals surface area contributed by atoms with Crippen LogP contribution in [0.3, 0.4) is 0 Å². The predicted octanol–water partition coefficient (Wildman–Crippen LogP) is 2.56. The van der Waals surface area contributed by atoms with E-state index in [4.69, 9.17) is 5.73 Å². The molecule has 1 aromatic carbocycles. The minimum atomic E-state index is 0. The summed E-state index contributed by atoms with van der Waals surface area (Å²) < 4.78 is 0. The van der Waals surface area contributed by atoms with Gasteiger partial charge in [0.25, 0.3) is 5.91 Å². The Kier molecular flexibility index (Phi) is 4.82. The molecule has 0 spiro atoms. The lowest BCUT2D eigenvalue weighted by molar-refractivity contribution is 0.0697. The third kappa shape index (κ3) is 3.37. The van der Waals surface area contributed by atoms with Crippen LogP contribution in [-0.4, -0.2) is 23.9 Å². The quantitative estimate of drug-likeness (QED) is 0.783. The number of nitrogens with zero attached hydrogens (tertiary/aromatic N) is 1. The Labute approximate surface area is 108 Å². The molecule has 0 atom stereocenters. The number of piperidine rings is 1. The summed E-state index contributed by atoms with van der Waals surface area (Å²) in [5, 5.41) is 0. The highest BCUT2D eigenvalue weighted by atomic mass is 35.5. The van der Waals surface area contributed by atoms with Gasteiger partial charge in [0, 0.05) is 24.3 Å².